The number of nitrogen functional groups attached to an aromatic ring is 1. The van der Waals surface area contributed by atoms with Crippen LogP contribution in [0.2, 0.25) is 0 Å². The van der Waals surface area contributed by atoms with Gasteiger partial charge in [-0.05, 0) is 27.7 Å². The number of alkyl halides is 1. The Kier molecular flexibility index (Phi) is 5.02. The molecule has 0 aliphatic carbocycles. The SMILES string of the molecule is CCOc1nc(N)nc2c1ncn2[C@@H]1O[C@@H]2COP(=O)(OC(C)C)O[C@H]2[C@@]1(C)F. The molecule has 4 rings (SSSR count). The molecule has 2 aliphatic heterocycles. The van der Waals surface area contributed by atoms with Crippen LogP contribution >= 0.6 is 7.82 Å². The molecule has 1 unspecified atom stereocenters. The summed E-state index contributed by atoms with van der Waals surface area (Å²) in [4.78, 5) is 12.4. The van der Waals surface area contributed by atoms with Crippen LogP contribution in [0.4, 0.5) is 10.3 Å². The van der Waals surface area contributed by atoms with E-state index in [4.69, 9.17) is 28.8 Å². The van der Waals surface area contributed by atoms with Gasteiger partial charge in [-0.3, -0.25) is 18.1 Å². The normalized spacial score (nSPS) is 34.6. The van der Waals surface area contributed by atoms with Crippen molar-refractivity contribution in [3.8, 4) is 5.88 Å². The van der Waals surface area contributed by atoms with E-state index in [9.17, 15) is 4.57 Å². The first-order chi connectivity index (χ1) is 13.6. The highest BCUT2D eigenvalue weighted by atomic mass is 31.2. The van der Waals surface area contributed by atoms with Gasteiger partial charge in [-0.15, -0.1) is 0 Å². The number of aromatic nitrogens is 4. The van der Waals surface area contributed by atoms with Gasteiger partial charge in [-0.2, -0.15) is 9.97 Å². The topological polar surface area (TPSA) is 133 Å². The van der Waals surface area contributed by atoms with E-state index in [0.29, 0.717) is 12.1 Å². The van der Waals surface area contributed by atoms with Crippen molar-refractivity contribution < 1.29 is 32.0 Å². The highest BCUT2D eigenvalue weighted by Gasteiger charge is 2.61. The van der Waals surface area contributed by atoms with Crippen LogP contribution in [-0.4, -0.2) is 56.7 Å². The Morgan fingerprint density at radius 1 is 1.48 bits per heavy atom. The quantitative estimate of drug-likeness (QED) is 0.704. The average molecular weight is 431 g/mol. The van der Waals surface area contributed by atoms with Gasteiger partial charge in [-0.1, -0.05) is 0 Å². The van der Waals surface area contributed by atoms with Gasteiger partial charge in [0.25, 0.3) is 0 Å². The molecular formula is C16H23FN5O6P. The molecule has 0 saturated carbocycles. The number of ether oxygens (including phenoxy) is 2. The summed E-state index contributed by atoms with van der Waals surface area (Å²) in [7, 11) is -3.91. The molecule has 4 heterocycles. The Bertz CT molecular complexity index is 969. The fourth-order valence-electron chi connectivity index (χ4n) is 3.47. The van der Waals surface area contributed by atoms with Gasteiger partial charge < -0.3 is 15.2 Å². The first-order valence-corrected chi connectivity index (χ1v) is 10.7. The molecule has 13 heteroatoms. The number of nitrogens with zero attached hydrogens (tertiary/aromatic N) is 4. The molecule has 160 valence electrons. The number of halogens is 1. The lowest BCUT2D eigenvalue weighted by Gasteiger charge is -2.34. The minimum absolute atomic E-state index is 0.0481. The maximum Gasteiger partial charge on any atom is 0.475 e. The van der Waals surface area contributed by atoms with Crippen LogP contribution in [0.25, 0.3) is 11.2 Å². The van der Waals surface area contributed by atoms with Crippen LogP contribution in [0.1, 0.15) is 33.9 Å². The average Bonchev–Trinajstić information content (AvgIpc) is 3.13. The van der Waals surface area contributed by atoms with Gasteiger partial charge >= 0.3 is 7.82 Å². The van der Waals surface area contributed by atoms with Crippen LogP contribution in [0, 0.1) is 0 Å². The van der Waals surface area contributed by atoms with E-state index in [1.54, 1.807) is 20.8 Å². The lowest BCUT2D eigenvalue weighted by atomic mass is 9.98. The zero-order valence-electron chi connectivity index (χ0n) is 16.4. The summed E-state index contributed by atoms with van der Waals surface area (Å²) in [6.07, 6.45) is -2.20. The zero-order valence-corrected chi connectivity index (χ0v) is 17.3. The zero-order chi connectivity index (χ0) is 21.0. The molecular weight excluding hydrogens is 408 g/mol. The second-order valence-electron chi connectivity index (χ2n) is 7.25. The standard InChI is InChI=1S/C16H23FN5O6P/c1-5-24-13-10-12(20-15(18)21-13)22(7-19-10)14-16(4,17)11-9(26-14)6-25-29(23,28-11)27-8(2)3/h7-9,11,14H,5-6H2,1-4H3,(H2,18,20,21)/t9-,11-,14-,16-,29?/m1/s1. The van der Waals surface area contributed by atoms with Crippen molar-refractivity contribution in [1.82, 2.24) is 19.5 Å². The van der Waals surface area contributed by atoms with Gasteiger partial charge in [0.1, 0.15) is 12.2 Å². The Labute approximate surface area is 166 Å². The summed E-state index contributed by atoms with van der Waals surface area (Å²) >= 11 is 0. The van der Waals surface area contributed by atoms with Crippen molar-refractivity contribution in [3.63, 3.8) is 0 Å². The fraction of sp³-hybridized carbons (Fsp3) is 0.688. The van der Waals surface area contributed by atoms with E-state index in [1.807, 2.05) is 0 Å². The lowest BCUT2D eigenvalue weighted by molar-refractivity contribution is -0.0733. The predicted octanol–water partition coefficient (Wildman–Crippen LogP) is 2.38. The van der Waals surface area contributed by atoms with E-state index in [-0.39, 0.29) is 24.1 Å². The molecule has 0 amide bonds. The number of anilines is 1. The molecule has 0 aromatic carbocycles. The van der Waals surface area contributed by atoms with E-state index >= 15 is 4.39 Å². The second-order valence-corrected chi connectivity index (χ2v) is 8.82. The number of phosphoric acid groups is 1. The third-order valence-electron chi connectivity index (χ3n) is 4.60. The smallest absolute Gasteiger partial charge is 0.475 e. The molecule has 2 N–H and O–H groups in total. The molecule has 2 saturated heterocycles. The highest BCUT2D eigenvalue weighted by molar-refractivity contribution is 7.48. The molecule has 0 spiro atoms. The molecule has 0 bridgehead atoms. The van der Waals surface area contributed by atoms with Crippen LogP contribution in [0.3, 0.4) is 0 Å². The summed E-state index contributed by atoms with van der Waals surface area (Å²) < 4.78 is 57.2. The molecule has 2 fully saturated rings. The maximum atomic E-state index is 15.9. The molecule has 0 radical (unpaired) electrons. The summed E-state index contributed by atoms with van der Waals surface area (Å²) in [5, 5.41) is 0. The third kappa shape index (κ3) is 3.49. The van der Waals surface area contributed by atoms with E-state index in [2.05, 4.69) is 15.0 Å². The Balaban J connectivity index is 1.70. The summed E-state index contributed by atoms with van der Waals surface area (Å²) in [6.45, 7) is 6.66. The van der Waals surface area contributed by atoms with E-state index < -0.39 is 38.0 Å². The number of hydrogen-bond donors (Lipinski definition) is 1. The number of phosphoric ester groups is 1. The Morgan fingerprint density at radius 2 is 2.24 bits per heavy atom. The van der Waals surface area contributed by atoms with Gasteiger partial charge in [0, 0.05) is 0 Å². The Morgan fingerprint density at radius 3 is 2.93 bits per heavy atom. The predicted molar refractivity (Wildman–Crippen MR) is 99.0 cm³/mol. The van der Waals surface area contributed by atoms with Crippen LogP contribution in [0.5, 0.6) is 5.88 Å². The minimum atomic E-state index is -3.91. The molecule has 2 aromatic rings. The first kappa shape index (κ1) is 20.4. The third-order valence-corrected chi connectivity index (χ3v) is 6.23. The largest absolute Gasteiger partial charge is 0.476 e. The van der Waals surface area contributed by atoms with Crippen LogP contribution in [-0.2, 0) is 22.9 Å². The fourth-order valence-corrected chi connectivity index (χ4v) is 5.11. The summed E-state index contributed by atoms with van der Waals surface area (Å²) in [6, 6.07) is 0. The highest BCUT2D eigenvalue weighted by Crippen LogP contribution is 2.60. The number of imidazole rings is 1. The van der Waals surface area contributed by atoms with Gasteiger partial charge in [0.2, 0.25) is 11.8 Å². The lowest BCUT2D eigenvalue weighted by Crippen LogP contribution is -2.45. The van der Waals surface area contributed by atoms with Crippen molar-refractivity contribution in [2.45, 2.75) is 57.9 Å². The summed E-state index contributed by atoms with van der Waals surface area (Å²) in [5.74, 6) is 0.146. The summed E-state index contributed by atoms with van der Waals surface area (Å²) in [5.41, 5.74) is 4.25. The first-order valence-electron chi connectivity index (χ1n) is 9.23. The van der Waals surface area contributed by atoms with E-state index in [1.165, 1.54) is 17.8 Å². The van der Waals surface area contributed by atoms with Crippen molar-refractivity contribution in [3.05, 3.63) is 6.33 Å². The van der Waals surface area contributed by atoms with Crippen LogP contribution < -0.4 is 10.5 Å². The van der Waals surface area contributed by atoms with Gasteiger partial charge in [0.05, 0.1) is 25.6 Å². The van der Waals surface area contributed by atoms with Gasteiger partial charge in [-0.25, -0.2) is 13.9 Å². The van der Waals surface area contributed by atoms with Crippen molar-refractivity contribution in [2.75, 3.05) is 18.9 Å². The Hall–Kier alpha value is -1.85. The molecule has 2 aromatic heterocycles. The molecule has 5 atom stereocenters. The minimum Gasteiger partial charge on any atom is -0.476 e. The van der Waals surface area contributed by atoms with Crippen molar-refractivity contribution in [2.24, 2.45) is 0 Å². The number of hydrogen-bond acceptors (Lipinski definition) is 10. The molecule has 11 nitrogen and oxygen atoms in total. The molecule has 2 aliphatic rings. The van der Waals surface area contributed by atoms with Crippen molar-refractivity contribution >= 4 is 24.9 Å². The molecule has 29 heavy (non-hydrogen) atoms. The van der Waals surface area contributed by atoms with Gasteiger partial charge in [0.15, 0.2) is 23.1 Å². The second kappa shape index (κ2) is 7.13. The number of fused-ring (bicyclic) bond motifs is 2. The maximum absolute atomic E-state index is 15.9. The number of nitrogens with two attached hydrogens (primary N) is 1. The number of rotatable bonds is 5. The van der Waals surface area contributed by atoms with Crippen molar-refractivity contribution in [1.29, 1.82) is 0 Å². The monoisotopic (exact) mass is 431 g/mol. The van der Waals surface area contributed by atoms with Crippen LogP contribution in [0.15, 0.2) is 6.33 Å². The van der Waals surface area contributed by atoms with E-state index in [0.717, 1.165) is 0 Å².